The lowest BCUT2D eigenvalue weighted by atomic mass is 10.0. The maximum absolute atomic E-state index is 10.6. The third-order valence-corrected chi connectivity index (χ3v) is 2.46. The molecule has 15 heavy (non-hydrogen) atoms. The average molecular weight is 209 g/mol. The van der Waals surface area contributed by atoms with Crippen molar-refractivity contribution in [2.24, 2.45) is 0 Å². The zero-order chi connectivity index (χ0) is 10.8. The highest BCUT2D eigenvalue weighted by molar-refractivity contribution is 5.42. The Morgan fingerprint density at radius 1 is 1.60 bits per heavy atom. The van der Waals surface area contributed by atoms with Crippen LogP contribution in [0, 0.1) is 10.1 Å². The van der Waals surface area contributed by atoms with E-state index in [1.165, 1.54) is 0 Å². The molecule has 0 radical (unpaired) electrons. The molecular formula is C10H11NO4. The van der Waals surface area contributed by atoms with Gasteiger partial charge in [0.25, 0.3) is 6.04 Å². The van der Waals surface area contributed by atoms with Crippen molar-refractivity contribution in [3.05, 3.63) is 33.9 Å². The molecule has 5 heteroatoms. The van der Waals surface area contributed by atoms with Crippen LogP contribution in [-0.2, 0) is 6.42 Å². The lowest BCUT2D eigenvalue weighted by Crippen LogP contribution is -2.32. The predicted octanol–water partition coefficient (Wildman–Crippen LogP) is 1.28. The number of rotatable bonds is 2. The maximum atomic E-state index is 10.6. The van der Waals surface area contributed by atoms with Crippen molar-refractivity contribution in [1.82, 2.24) is 0 Å². The number of nitrogens with zero attached hydrogens (tertiary/aromatic N) is 1. The molecule has 1 aliphatic heterocycles. The average Bonchev–Trinajstić information content (AvgIpc) is 2.27. The lowest BCUT2D eigenvalue weighted by molar-refractivity contribution is -0.525. The second-order valence-electron chi connectivity index (χ2n) is 3.43. The van der Waals surface area contributed by atoms with E-state index in [1.807, 2.05) is 6.07 Å². The summed E-state index contributed by atoms with van der Waals surface area (Å²) in [7, 11) is 1.57. The second-order valence-corrected chi connectivity index (χ2v) is 3.43. The van der Waals surface area contributed by atoms with Gasteiger partial charge in [0, 0.05) is 23.0 Å². The number of benzene rings is 1. The highest BCUT2D eigenvalue weighted by Gasteiger charge is 2.28. The van der Waals surface area contributed by atoms with Gasteiger partial charge in [-0.3, -0.25) is 10.1 Å². The van der Waals surface area contributed by atoms with Crippen LogP contribution in [0.2, 0.25) is 0 Å². The molecule has 1 aromatic carbocycles. The van der Waals surface area contributed by atoms with Gasteiger partial charge in [0.15, 0.2) is 6.61 Å². The summed E-state index contributed by atoms with van der Waals surface area (Å²) >= 11 is 0. The van der Waals surface area contributed by atoms with Gasteiger partial charge in [0.1, 0.15) is 11.5 Å². The standard InChI is InChI=1S/C10H11NO4/c1-14-9-3-2-7-4-8(11(12)13)6-15-10(7)5-9/h2-3,5,8H,4,6H2,1H3. The summed E-state index contributed by atoms with van der Waals surface area (Å²) in [6.07, 6.45) is 0.423. The van der Waals surface area contributed by atoms with Gasteiger partial charge >= 0.3 is 0 Å². The van der Waals surface area contributed by atoms with Crippen LogP contribution in [0.3, 0.4) is 0 Å². The third kappa shape index (κ3) is 1.86. The number of ether oxygens (including phenoxy) is 2. The van der Waals surface area contributed by atoms with Crippen LogP contribution in [0.4, 0.5) is 0 Å². The molecule has 0 N–H and O–H groups in total. The van der Waals surface area contributed by atoms with Gasteiger partial charge in [-0.25, -0.2) is 0 Å². The largest absolute Gasteiger partial charge is 0.497 e. The molecule has 1 heterocycles. The normalized spacial score (nSPS) is 18.9. The SMILES string of the molecule is COc1ccc2c(c1)OCC([N+](=O)[O-])C2. The van der Waals surface area contributed by atoms with Crippen molar-refractivity contribution in [1.29, 1.82) is 0 Å². The first kappa shape index (κ1) is 9.76. The molecule has 1 atom stereocenters. The molecule has 5 nitrogen and oxygen atoms in total. The van der Waals surface area contributed by atoms with E-state index in [4.69, 9.17) is 9.47 Å². The highest BCUT2D eigenvalue weighted by atomic mass is 16.6. The van der Waals surface area contributed by atoms with Crippen LogP contribution in [-0.4, -0.2) is 24.7 Å². The molecular weight excluding hydrogens is 198 g/mol. The van der Waals surface area contributed by atoms with Crippen LogP contribution < -0.4 is 9.47 Å². The molecule has 0 fully saturated rings. The summed E-state index contributed by atoms with van der Waals surface area (Å²) in [4.78, 5) is 10.3. The Bertz CT molecular complexity index is 391. The van der Waals surface area contributed by atoms with Crippen LogP contribution in [0.1, 0.15) is 5.56 Å². The van der Waals surface area contributed by atoms with Crippen molar-refractivity contribution in [3.8, 4) is 11.5 Å². The molecule has 0 amide bonds. The minimum Gasteiger partial charge on any atom is -0.497 e. The minimum absolute atomic E-state index is 0.132. The first-order valence-electron chi connectivity index (χ1n) is 4.64. The number of methoxy groups -OCH3 is 1. The first-order chi connectivity index (χ1) is 7.20. The van der Waals surface area contributed by atoms with Crippen LogP contribution in [0.5, 0.6) is 11.5 Å². The molecule has 1 aliphatic rings. The Hall–Kier alpha value is -1.78. The summed E-state index contributed by atoms with van der Waals surface area (Å²) in [6, 6.07) is 4.71. The van der Waals surface area contributed by atoms with Gasteiger partial charge in [-0.2, -0.15) is 0 Å². The molecule has 0 spiro atoms. The molecule has 1 aromatic rings. The minimum atomic E-state index is -0.633. The monoisotopic (exact) mass is 209 g/mol. The fourth-order valence-electron chi connectivity index (χ4n) is 1.60. The van der Waals surface area contributed by atoms with Crippen molar-refractivity contribution >= 4 is 0 Å². The third-order valence-electron chi connectivity index (χ3n) is 2.46. The lowest BCUT2D eigenvalue weighted by Gasteiger charge is -2.20. The van der Waals surface area contributed by atoms with E-state index >= 15 is 0 Å². The zero-order valence-electron chi connectivity index (χ0n) is 8.30. The summed E-state index contributed by atoms with van der Waals surface area (Å²) in [5.74, 6) is 1.39. The molecule has 0 saturated heterocycles. The summed E-state index contributed by atoms with van der Waals surface area (Å²) in [6.45, 7) is 0.132. The molecule has 0 aromatic heterocycles. The second kappa shape index (κ2) is 3.76. The fourth-order valence-corrected chi connectivity index (χ4v) is 1.60. The smallest absolute Gasteiger partial charge is 0.250 e. The van der Waals surface area contributed by atoms with Gasteiger partial charge < -0.3 is 9.47 Å². The Morgan fingerprint density at radius 2 is 2.40 bits per heavy atom. The van der Waals surface area contributed by atoms with Crippen molar-refractivity contribution < 1.29 is 14.4 Å². The molecule has 0 saturated carbocycles. The number of hydrogen-bond acceptors (Lipinski definition) is 4. The maximum Gasteiger partial charge on any atom is 0.250 e. The summed E-state index contributed by atoms with van der Waals surface area (Å²) < 4.78 is 10.4. The van der Waals surface area contributed by atoms with Crippen molar-refractivity contribution in [2.45, 2.75) is 12.5 Å². The molecule has 2 rings (SSSR count). The summed E-state index contributed by atoms with van der Waals surface area (Å²) in [5.41, 5.74) is 0.865. The number of hydrogen-bond donors (Lipinski definition) is 0. The Balaban J connectivity index is 2.24. The number of nitro groups is 1. The van der Waals surface area contributed by atoms with E-state index in [-0.39, 0.29) is 11.5 Å². The molecule has 80 valence electrons. The number of fused-ring (bicyclic) bond motifs is 1. The first-order valence-corrected chi connectivity index (χ1v) is 4.64. The van der Waals surface area contributed by atoms with E-state index in [0.29, 0.717) is 17.9 Å². The van der Waals surface area contributed by atoms with Gasteiger partial charge in [0.05, 0.1) is 7.11 Å². The predicted molar refractivity (Wildman–Crippen MR) is 53.0 cm³/mol. The van der Waals surface area contributed by atoms with Crippen LogP contribution in [0.25, 0.3) is 0 Å². The van der Waals surface area contributed by atoms with E-state index in [9.17, 15) is 10.1 Å². The Kier molecular flexibility index (Phi) is 2.45. The van der Waals surface area contributed by atoms with Crippen molar-refractivity contribution in [3.63, 3.8) is 0 Å². The quantitative estimate of drug-likeness (QED) is 0.543. The van der Waals surface area contributed by atoms with Crippen LogP contribution in [0.15, 0.2) is 18.2 Å². The van der Waals surface area contributed by atoms with E-state index in [1.54, 1.807) is 19.2 Å². The Labute approximate surface area is 86.8 Å². The van der Waals surface area contributed by atoms with Crippen molar-refractivity contribution in [2.75, 3.05) is 13.7 Å². The van der Waals surface area contributed by atoms with Gasteiger partial charge in [-0.15, -0.1) is 0 Å². The van der Waals surface area contributed by atoms with Crippen LogP contribution >= 0.6 is 0 Å². The highest BCUT2D eigenvalue weighted by Crippen LogP contribution is 2.29. The van der Waals surface area contributed by atoms with Gasteiger partial charge in [-0.1, -0.05) is 6.07 Å². The Morgan fingerprint density at radius 3 is 3.07 bits per heavy atom. The van der Waals surface area contributed by atoms with E-state index < -0.39 is 6.04 Å². The topological polar surface area (TPSA) is 61.6 Å². The van der Waals surface area contributed by atoms with E-state index in [0.717, 1.165) is 5.56 Å². The van der Waals surface area contributed by atoms with Gasteiger partial charge in [0.2, 0.25) is 0 Å². The molecule has 0 bridgehead atoms. The molecule has 1 unspecified atom stereocenters. The zero-order valence-corrected chi connectivity index (χ0v) is 8.30. The van der Waals surface area contributed by atoms with E-state index in [2.05, 4.69) is 0 Å². The molecule has 0 aliphatic carbocycles. The fraction of sp³-hybridized carbons (Fsp3) is 0.400. The van der Waals surface area contributed by atoms with Gasteiger partial charge in [-0.05, 0) is 6.07 Å². The summed E-state index contributed by atoms with van der Waals surface area (Å²) in [5, 5.41) is 10.6.